The Morgan fingerprint density at radius 3 is 2.11 bits per heavy atom. The number of nitrogens with zero attached hydrogens (tertiary/aromatic N) is 2. The van der Waals surface area contributed by atoms with E-state index in [-0.39, 0.29) is 11.8 Å². The number of carbonyl (C=O) groups excluding carboxylic acids is 1. The second kappa shape index (κ2) is 11.2. The molecular weight excluding hydrogens is 442 g/mol. The molecule has 176 valence electrons. The van der Waals surface area contributed by atoms with Crippen molar-refractivity contribution in [3.05, 3.63) is 156 Å². The first-order chi connectivity index (χ1) is 17.8. The van der Waals surface area contributed by atoms with Crippen molar-refractivity contribution < 1.29 is 4.79 Å². The summed E-state index contributed by atoms with van der Waals surface area (Å²) in [5, 5.41) is 3.03. The third-order valence-electron chi connectivity index (χ3n) is 6.35. The van der Waals surface area contributed by atoms with E-state index in [0.717, 1.165) is 34.2 Å². The Hall–Kier alpha value is -4.57. The van der Waals surface area contributed by atoms with Crippen LogP contribution in [0.15, 0.2) is 128 Å². The lowest BCUT2D eigenvalue weighted by Gasteiger charge is -2.20. The third kappa shape index (κ3) is 5.56. The van der Waals surface area contributed by atoms with E-state index in [0.29, 0.717) is 12.1 Å². The van der Waals surface area contributed by atoms with Crippen molar-refractivity contribution in [1.82, 2.24) is 15.3 Å². The molecule has 2 aromatic heterocycles. The van der Waals surface area contributed by atoms with Gasteiger partial charge in [0.15, 0.2) is 0 Å². The summed E-state index contributed by atoms with van der Waals surface area (Å²) in [6, 6.07) is 34.4. The van der Waals surface area contributed by atoms with Crippen molar-refractivity contribution in [3.63, 3.8) is 0 Å². The molecule has 0 bridgehead atoms. The topological polar surface area (TPSA) is 54.9 Å². The normalized spacial score (nSPS) is 10.8. The summed E-state index contributed by atoms with van der Waals surface area (Å²) in [6.07, 6.45) is 8.24. The van der Waals surface area contributed by atoms with Gasteiger partial charge in [-0.1, -0.05) is 78.9 Å². The van der Waals surface area contributed by atoms with Gasteiger partial charge in [0.05, 0.1) is 0 Å². The number of pyridine rings is 2. The molecule has 3 aromatic carbocycles. The molecule has 4 heteroatoms. The Morgan fingerprint density at radius 1 is 0.722 bits per heavy atom. The van der Waals surface area contributed by atoms with Crippen molar-refractivity contribution in [2.45, 2.75) is 18.9 Å². The lowest BCUT2D eigenvalue weighted by molar-refractivity contribution is 0.0951. The van der Waals surface area contributed by atoms with Crippen molar-refractivity contribution in [2.75, 3.05) is 0 Å². The van der Waals surface area contributed by atoms with Crippen LogP contribution >= 0.6 is 0 Å². The van der Waals surface area contributed by atoms with Crippen molar-refractivity contribution >= 4 is 5.91 Å². The molecule has 0 aliphatic rings. The van der Waals surface area contributed by atoms with Crippen LogP contribution in [-0.4, -0.2) is 15.9 Å². The zero-order valence-electron chi connectivity index (χ0n) is 19.9. The molecule has 0 saturated heterocycles. The predicted octanol–water partition coefficient (Wildman–Crippen LogP) is 6.45. The van der Waals surface area contributed by atoms with Gasteiger partial charge in [-0.15, -0.1) is 0 Å². The molecule has 5 rings (SSSR count). The van der Waals surface area contributed by atoms with Crippen molar-refractivity contribution in [1.29, 1.82) is 0 Å². The average Bonchev–Trinajstić information content (AvgIpc) is 2.96. The fourth-order valence-corrected chi connectivity index (χ4v) is 4.50. The quantitative estimate of drug-likeness (QED) is 0.284. The van der Waals surface area contributed by atoms with E-state index < -0.39 is 0 Å². The molecule has 0 unspecified atom stereocenters. The zero-order chi connectivity index (χ0) is 24.6. The number of hydrogen-bond donors (Lipinski definition) is 1. The number of benzene rings is 3. The predicted molar refractivity (Wildman–Crippen MR) is 144 cm³/mol. The number of aromatic nitrogens is 2. The van der Waals surface area contributed by atoms with Gasteiger partial charge >= 0.3 is 0 Å². The van der Waals surface area contributed by atoms with E-state index in [1.165, 1.54) is 5.56 Å². The number of rotatable bonds is 8. The Morgan fingerprint density at radius 2 is 1.42 bits per heavy atom. The number of amides is 1. The van der Waals surface area contributed by atoms with Gasteiger partial charge in [-0.2, -0.15) is 0 Å². The molecule has 0 saturated carbocycles. The molecule has 36 heavy (non-hydrogen) atoms. The standard InChI is InChI=1S/C32H27N3O/c36-32(35-21-24-9-2-1-3-10-24)27-13-6-12-25(19-27)30-16-5-4-11-26(30)20-31(28-14-7-17-33-22-28)29-15-8-18-34-23-29/h1-19,22-23,31H,20-21H2,(H,35,36). The monoisotopic (exact) mass is 469 g/mol. The lowest BCUT2D eigenvalue weighted by atomic mass is 9.85. The van der Waals surface area contributed by atoms with E-state index in [2.05, 4.69) is 51.7 Å². The molecule has 0 spiro atoms. The maximum Gasteiger partial charge on any atom is 0.251 e. The van der Waals surface area contributed by atoms with Crippen LogP contribution in [0.4, 0.5) is 0 Å². The van der Waals surface area contributed by atoms with Crippen LogP contribution in [0.1, 0.15) is 38.5 Å². The van der Waals surface area contributed by atoms with Crippen LogP contribution in [0.5, 0.6) is 0 Å². The summed E-state index contributed by atoms with van der Waals surface area (Å²) < 4.78 is 0. The summed E-state index contributed by atoms with van der Waals surface area (Å²) in [5.41, 5.74) is 7.36. The molecule has 0 fully saturated rings. The second-order valence-corrected chi connectivity index (χ2v) is 8.74. The van der Waals surface area contributed by atoms with Gasteiger partial charge < -0.3 is 5.32 Å². The van der Waals surface area contributed by atoms with Gasteiger partial charge in [-0.05, 0) is 64.1 Å². The molecule has 0 aliphatic carbocycles. The van der Waals surface area contributed by atoms with Gasteiger partial charge in [0, 0.05) is 42.8 Å². The van der Waals surface area contributed by atoms with E-state index in [4.69, 9.17) is 0 Å². The van der Waals surface area contributed by atoms with Gasteiger partial charge in [0.2, 0.25) is 0 Å². The summed E-state index contributed by atoms with van der Waals surface area (Å²) in [7, 11) is 0. The van der Waals surface area contributed by atoms with Crippen LogP contribution in [0.3, 0.4) is 0 Å². The third-order valence-corrected chi connectivity index (χ3v) is 6.35. The second-order valence-electron chi connectivity index (χ2n) is 8.74. The molecule has 4 nitrogen and oxygen atoms in total. The van der Waals surface area contributed by atoms with Crippen LogP contribution in [0.25, 0.3) is 11.1 Å². The minimum absolute atomic E-state index is 0.0817. The zero-order valence-corrected chi connectivity index (χ0v) is 19.9. The Kier molecular flexibility index (Phi) is 7.24. The highest BCUT2D eigenvalue weighted by Crippen LogP contribution is 2.32. The first-order valence-electron chi connectivity index (χ1n) is 12.1. The van der Waals surface area contributed by atoms with Gasteiger partial charge in [0.25, 0.3) is 5.91 Å². The first kappa shape index (κ1) is 23.2. The summed E-state index contributed by atoms with van der Waals surface area (Å²) in [6.45, 7) is 0.498. The maximum absolute atomic E-state index is 12.9. The summed E-state index contributed by atoms with van der Waals surface area (Å²) in [4.78, 5) is 21.6. The molecule has 0 aliphatic heterocycles. The molecule has 5 aromatic rings. The molecule has 0 radical (unpaired) electrons. The molecular formula is C32H27N3O. The van der Waals surface area contributed by atoms with E-state index in [1.54, 1.807) is 12.4 Å². The van der Waals surface area contributed by atoms with Crippen molar-refractivity contribution in [3.8, 4) is 11.1 Å². The fourth-order valence-electron chi connectivity index (χ4n) is 4.50. The van der Waals surface area contributed by atoms with Crippen LogP contribution < -0.4 is 5.32 Å². The van der Waals surface area contributed by atoms with Crippen LogP contribution in [0, 0.1) is 0 Å². The summed E-state index contributed by atoms with van der Waals surface area (Å²) in [5.74, 6) is 0.0349. The first-order valence-corrected chi connectivity index (χ1v) is 12.1. The van der Waals surface area contributed by atoms with Gasteiger partial charge in [-0.3, -0.25) is 14.8 Å². The van der Waals surface area contributed by atoms with E-state index in [9.17, 15) is 4.79 Å². The Bertz CT molecular complexity index is 1380. The lowest BCUT2D eigenvalue weighted by Crippen LogP contribution is -2.22. The Labute approximate surface area is 211 Å². The number of nitrogens with one attached hydrogen (secondary N) is 1. The molecule has 2 heterocycles. The molecule has 0 atom stereocenters. The summed E-state index contributed by atoms with van der Waals surface area (Å²) >= 11 is 0. The van der Waals surface area contributed by atoms with Crippen LogP contribution in [0.2, 0.25) is 0 Å². The van der Waals surface area contributed by atoms with E-state index >= 15 is 0 Å². The number of hydrogen-bond acceptors (Lipinski definition) is 3. The van der Waals surface area contributed by atoms with Gasteiger partial charge in [0.1, 0.15) is 0 Å². The van der Waals surface area contributed by atoms with Crippen molar-refractivity contribution in [2.24, 2.45) is 0 Å². The Balaban J connectivity index is 1.42. The van der Waals surface area contributed by atoms with Gasteiger partial charge in [-0.25, -0.2) is 0 Å². The highest BCUT2D eigenvalue weighted by atomic mass is 16.1. The molecule has 1 N–H and O–H groups in total. The average molecular weight is 470 g/mol. The SMILES string of the molecule is O=C(NCc1ccccc1)c1cccc(-c2ccccc2CC(c2cccnc2)c2cccnc2)c1. The highest BCUT2D eigenvalue weighted by Gasteiger charge is 2.18. The highest BCUT2D eigenvalue weighted by molar-refractivity contribution is 5.95. The number of carbonyl (C=O) groups is 1. The van der Waals surface area contributed by atoms with E-state index in [1.807, 2.05) is 79.1 Å². The minimum Gasteiger partial charge on any atom is -0.348 e. The van der Waals surface area contributed by atoms with Crippen LogP contribution in [-0.2, 0) is 13.0 Å². The smallest absolute Gasteiger partial charge is 0.251 e. The minimum atomic E-state index is -0.0817. The molecule has 1 amide bonds. The maximum atomic E-state index is 12.9. The fraction of sp³-hybridized carbons (Fsp3) is 0.0938. The largest absolute Gasteiger partial charge is 0.348 e.